The molecular weight excluding hydrogens is 368 g/mol. The summed E-state index contributed by atoms with van der Waals surface area (Å²) in [6.07, 6.45) is 2.63. The Morgan fingerprint density at radius 3 is 2.57 bits per heavy atom. The first-order chi connectivity index (χ1) is 13.4. The van der Waals surface area contributed by atoms with Crippen LogP contribution in [0.5, 0.6) is 0 Å². The minimum atomic E-state index is -0.450. The van der Waals surface area contributed by atoms with Gasteiger partial charge in [0.15, 0.2) is 5.13 Å². The third-order valence-corrected chi connectivity index (χ3v) is 5.45. The summed E-state index contributed by atoms with van der Waals surface area (Å²) in [5, 5.41) is 14.5. The van der Waals surface area contributed by atoms with Crippen molar-refractivity contribution in [1.29, 1.82) is 5.26 Å². The van der Waals surface area contributed by atoms with Crippen LogP contribution in [0, 0.1) is 32.1 Å². The number of amides is 1. The van der Waals surface area contributed by atoms with Crippen molar-refractivity contribution in [2.75, 3.05) is 5.32 Å². The maximum absolute atomic E-state index is 12.5. The Labute approximate surface area is 169 Å². The second kappa shape index (κ2) is 8.24. The molecule has 3 rings (SSSR count). The normalized spacial score (nSPS) is 11.3. The maximum atomic E-state index is 12.5. The molecule has 1 amide bonds. The lowest BCUT2D eigenvalue weighted by Crippen LogP contribution is -2.13. The van der Waals surface area contributed by atoms with Gasteiger partial charge >= 0.3 is 0 Å². The molecule has 1 aromatic carbocycles. The van der Waals surface area contributed by atoms with Crippen molar-refractivity contribution in [2.45, 2.75) is 34.1 Å². The van der Waals surface area contributed by atoms with Crippen LogP contribution in [-0.4, -0.2) is 15.5 Å². The van der Waals surface area contributed by atoms with Gasteiger partial charge in [0.2, 0.25) is 0 Å². The lowest BCUT2D eigenvalue weighted by molar-refractivity contribution is -0.112. The fourth-order valence-electron chi connectivity index (χ4n) is 3.09. The van der Waals surface area contributed by atoms with Crippen LogP contribution in [0.2, 0.25) is 0 Å². The molecule has 0 spiro atoms. The monoisotopic (exact) mass is 390 g/mol. The maximum Gasteiger partial charge on any atom is 0.268 e. The molecule has 0 aliphatic heterocycles. The smallest absolute Gasteiger partial charge is 0.268 e. The van der Waals surface area contributed by atoms with E-state index in [2.05, 4.69) is 46.1 Å². The number of benzene rings is 1. The third-order valence-electron chi connectivity index (χ3n) is 4.58. The van der Waals surface area contributed by atoms with Crippen molar-refractivity contribution in [3.05, 3.63) is 69.5 Å². The molecule has 0 saturated carbocycles. The summed E-state index contributed by atoms with van der Waals surface area (Å²) in [5.41, 5.74) is 6.10. The Kier molecular flexibility index (Phi) is 5.76. The number of anilines is 1. The molecule has 0 aliphatic carbocycles. The molecule has 0 radical (unpaired) electrons. The summed E-state index contributed by atoms with van der Waals surface area (Å²) in [6.45, 7) is 7.99. The Morgan fingerprint density at radius 1 is 1.29 bits per heavy atom. The van der Waals surface area contributed by atoms with Crippen molar-refractivity contribution in [2.24, 2.45) is 0 Å². The van der Waals surface area contributed by atoms with Gasteiger partial charge in [0.1, 0.15) is 11.6 Å². The summed E-state index contributed by atoms with van der Waals surface area (Å²) in [5.74, 6) is -0.450. The quantitative estimate of drug-likeness (QED) is 0.494. The lowest BCUT2D eigenvalue weighted by Gasteiger charge is -2.10. The summed E-state index contributed by atoms with van der Waals surface area (Å²) < 4.78 is 2.13. The van der Waals surface area contributed by atoms with Crippen LogP contribution in [-0.2, 0) is 11.2 Å². The minimum absolute atomic E-state index is 0.0504. The number of hydrogen-bond acceptors (Lipinski definition) is 4. The van der Waals surface area contributed by atoms with Crippen LogP contribution >= 0.6 is 11.3 Å². The zero-order chi connectivity index (χ0) is 20.3. The van der Waals surface area contributed by atoms with E-state index in [0.29, 0.717) is 5.13 Å². The molecule has 3 aromatic rings. The fourth-order valence-corrected chi connectivity index (χ4v) is 3.77. The number of nitrogens with one attached hydrogen (secondary N) is 1. The fraction of sp³-hybridized carbons (Fsp3) is 0.227. The van der Waals surface area contributed by atoms with Crippen LogP contribution in [0.3, 0.4) is 0 Å². The van der Waals surface area contributed by atoms with Crippen LogP contribution in [0.25, 0.3) is 11.8 Å². The highest BCUT2D eigenvalue weighted by molar-refractivity contribution is 7.13. The van der Waals surface area contributed by atoms with Crippen molar-refractivity contribution in [1.82, 2.24) is 9.55 Å². The zero-order valence-corrected chi connectivity index (χ0v) is 17.2. The first-order valence-corrected chi connectivity index (χ1v) is 9.94. The second-order valence-corrected chi connectivity index (χ2v) is 7.46. The van der Waals surface area contributed by atoms with Gasteiger partial charge in [-0.1, -0.05) is 19.1 Å². The molecule has 28 heavy (non-hydrogen) atoms. The van der Waals surface area contributed by atoms with Crippen LogP contribution in [0.4, 0.5) is 5.13 Å². The Balaban J connectivity index is 1.91. The number of aryl methyl sites for hydroxylation is 3. The van der Waals surface area contributed by atoms with E-state index in [9.17, 15) is 10.1 Å². The Bertz CT molecular complexity index is 1080. The van der Waals surface area contributed by atoms with Crippen molar-refractivity contribution in [3.63, 3.8) is 0 Å². The van der Waals surface area contributed by atoms with E-state index < -0.39 is 5.91 Å². The number of nitrogens with zero attached hydrogens (tertiary/aromatic N) is 3. The van der Waals surface area contributed by atoms with Crippen molar-refractivity contribution >= 4 is 28.5 Å². The van der Waals surface area contributed by atoms with E-state index >= 15 is 0 Å². The predicted molar refractivity (Wildman–Crippen MR) is 114 cm³/mol. The number of rotatable bonds is 5. The highest BCUT2D eigenvalue weighted by atomic mass is 32.1. The molecule has 0 aliphatic rings. The molecule has 6 heteroatoms. The number of nitriles is 1. The molecule has 0 atom stereocenters. The summed E-state index contributed by atoms with van der Waals surface area (Å²) in [6, 6.07) is 12.4. The highest BCUT2D eigenvalue weighted by Crippen LogP contribution is 2.24. The third kappa shape index (κ3) is 4.05. The largest absolute Gasteiger partial charge is 0.318 e. The SMILES string of the molecule is CCc1ccc(-n2c(C)cc(/C=C(/C#N)C(=O)Nc3nc(C)cs3)c2C)cc1. The standard InChI is InChI=1S/C22H22N4OS/c1-5-17-6-8-20(9-7-17)26-15(3)10-18(16(26)4)11-19(12-23)21(27)25-22-24-14(2)13-28-22/h6-11,13H,5H2,1-4H3,(H,24,25,27)/b19-11-. The molecule has 2 heterocycles. The number of thiazole rings is 1. The summed E-state index contributed by atoms with van der Waals surface area (Å²) in [7, 11) is 0. The van der Waals surface area contributed by atoms with E-state index in [4.69, 9.17) is 0 Å². The molecule has 142 valence electrons. The number of carbonyl (C=O) groups excluding carboxylic acids is 1. The average molecular weight is 391 g/mol. The van der Waals surface area contributed by atoms with Crippen molar-refractivity contribution < 1.29 is 4.79 Å². The van der Waals surface area contributed by atoms with E-state index in [1.165, 1.54) is 16.9 Å². The first-order valence-electron chi connectivity index (χ1n) is 9.06. The van der Waals surface area contributed by atoms with Gasteiger partial charge in [0, 0.05) is 22.5 Å². The van der Waals surface area contributed by atoms with Gasteiger partial charge in [-0.05, 0) is 62.6 Å². The van der Waals surface area contributed by atoms with Crippen LogP contribution in [0.1, 0.15) is 35.1 Å². The Morgan fingerprint density at radius 2 is 2.00 bits per heavy atom. The van der Waals surface area contributed by atoms with Gasteiger partial charge in [0.05, 0.1) is 5.69 Å². The van der Waals surface area contributed by atoms with Gasteiger partial charge in [-0.3, -0.25) is 10.1 Å². The molecule has 0 unspecified atom stereocenters. The lowest BCUT2D eigenvalue weighted by atomic mass is 10.1. The topological polar surface area (TPSA) is 70.7 Å². The summed E-state index contributed by atoms with van der Waals surface area (Å²) in [4.78, 5) is 16.7. The van der Waals surface area contributed by atoms with Gasteiger partial charge in [-0.15, -0.1) is 11.3 Å². The number of hydrogen-bond donors (Lipinski definition) is 1. The number of carbonyl (C=O) groups is 1. The minimum Gasteiger partial charge on any atom is -0.318 e. The average Bonchev–Trinajstić information content (AvgIpc) is 3.21. The van der Waals surface area contributed by atoms with Gasteiger partial charge in [0.25, 0.3) is 5.91 Å². The molecule has 0 saturated heterocycles. The van der Waals surface area contributed by atoms with Gasteiger partial charge in [-0.25, -0.2) is 4.98 Å². The summed E-state index contributed by atoms with van der Waals surface area (Å²) >= 11 is 1.34. The first kappa shape index (κ1) is 19.6. The molecular formula is C22H22N4OS. The molecule has 5 nitrogen and oxygen atoms in total. The number of aromatic nitrogens is 2. The Hall–Kier alpha value is -3.17. The predicted octanol–water partition coefficient (Wildman–Crippen LogP) is 4.97. The highest BCUT2D eigenvalue weighted by Gasteiger charge is 2.15. The van der Waals surface area contributed by atoms with Crippen molar-refractivity contribution in [3.8, 4) is 11.8 Å². The molecule has 2 aromatic heterocycles. The van der Waals surface area contributed by atoms with Gasteiger partial charge in [-0.2, -0.15) is 5.26 Å². The van der Waals surface area contributed by atoms with Crippen LogP contribution in [0.15, 0.2) is 41.3 Å². The van der Waals surface area contributed by atoms with E-state index in [0.717, 1.165) is 34.8 Å². The van der Waals surface area contributed by atoms with Crippen LogP contribution < -0.4 is 5.32 Å². The molecule has 0 fully saturated rings. The van der Waals surface area contributed by atoms with Gasteiger partial charge < -0.3 is 4.57 Å². The molecule has 1 N–H and O–H groups in total. The zero-order valence-electron chi connectivity index (χ0n) is 16.4. The second-order valence-electron chi connectivity index (χ2n) is 6.60. The molecule has 0 bridgehead atoms. The van der Waals surface area contributed by atoms with E-state index in [-0.39, 0.29) is 5.57 Å². The van der Waals surface area contributed by atoms with E-state index in [1.807, 2.05) is 38.3 Å². The van der Waals surface area contributed by atoms with E-state index in [1.54, 1.807) is 6.08 Å².